The third kappa shape index (κ3) is 5.49. The fraction of sp³-hybridized carbons (Fsp3) is 0.421. The van der Waals surface area contributed by atoms with E-state index in [9.17, 15) is 35.9 Å². The standard InChI is InChI=1S/C19H17F6NO2S/c1-2-3-4-5-9-29-15-13(17(28)19(23,24)25)10-12(16(27)18(20,21)22)11-7-6-8-26-14(11)15/h6-8,10H,2-5,9H2,1H3. The smallest absolute Gasteiger partial charge is 0.284 e. The molecule has 0 atom stereocenters. The number of ketones is 2. The van der Waals surface area contributed by atoms with Crippen LogP contribution < -0.4 is 0 Å². The Balaban J connectivity index is 2.65. The van der Waals surface area contributed by atoms with E-state index in [-0.39, 0.29) is 15.8 Å². The number of alkyl halides is 6. The second kappa shape index (κ2) is 9.15. The molecule has 0 spiro atoms. The monoisotopic (exact) mass is 437 g/mol. The minimum atomic E-state index is -5.31. The van der Waals surface area contributed by atoms with Crippen molar-refractivity contribution >= 4 is 34.2 Å². The first-order valence-electron chi connectivity index (χ1n) is 8.76. The van der Waals surface area contributed by atoms with Crippen molar-refractivity contribution in [2.75, 3.05) is 5.75 Å². The molecule has 2 rings (SSSR count). The molecule has 0 bridgehead atoms. The number of hydrogen-bond acceptors (Lipinski definition) is 4. The number of unbranched alkanes of at least 4 members (excludes halogenated alkanes) is 3. The number of benzene rings is 1. The number of fused-ring (bicyclic) bond motifs is 1. The summed E-state index contributed by atoms with van der Waals surface area (Å²) in [5, 5.41) is -0.246. The number of thioether (sulfide) groups is 1. The summed E-state index contributed by atoms with van der Waals surface area (Å²) in [5.41, 5.74) is -2.24. The summed E-state index contributed by atoms with van der Waals surface area (Å²) >= 11 is 0.923. The van der Waals surface area contributed by atoms with Gasteiger partial charge in [0.25, 0.3) is 11.6 Å². The Morgan fingerprint density at radius 2 is 1.59 bits per heavy atom. The van der Waals surface area contributed by atoms with Crippen molar-refractivity contribution in [2.24, 2.45) is 0 Å². The van der Waals surface area contributed by atoms with Crippen molar-refractivity contribution in [3.63, 3.8) is 0 Å². The zero-order valence-electron chi connectivity index (χ0n) is 15.3. The summed E-state index contributed by atoms with van der Waals surface area (Å²) in [6.07, 6.45) is -6.09. The molecule has 29 heavy (non-hydrogen) atoms. The number of carbonyl (C=O) groups is 2. The molecular weight excluding hydrogens is 420 g/mol. The molecular formula is C19H17F6NO2S. The van der Waals surface area contributed by atoms with Gasteiger partial charge in [0.1, 0.15) is 0 Å². The van der Waals surface area contributed by atoms with Gasteiger partial charge in [-0.15, -0.1) is 11.8 Å². The minimum absolute atomic E-state index is 0.168. The molecule has 0 saturated heterocycles. The van der Waals surface area contributed by atoms with Crippen LogP contribution >= 0.6 is 11.8 Å². The van der Waals surface area contributed by atoms with Gasteiger partial charge in [-0.3, -0.25) is 14.6 Å². The Hall–Kier alpha value is -2.10. The van der Waals surface area contributed by atoms with E-state index in [0.29, 0.717) is 18.2 Å². The van der Waals surface area contributed by atoms with Crippen molar-refractivity contribution < 1.29 is 35.9 Å². The van der Waals surface area contributed by atoms with Gasteiger partial charge in [0.2, 0.25) is 0 Å². The van der Waals surface area contributed by atoms with E-state index >= 15 is 0 Å². The molecule has 1 aromatic heterocycles. The van der Waals surface area contributed by atoms with E-state index in [1.807, 2.05) is 6.92 Å². The highest BCUT2D eigenvalue weighted by Gasteiger charge is 2.44. The normalized spacial score (nSPS) is 12.4. The molecule has 158 valence electrons. The van der Waals surface area contributed by atoms with Crippen LogP contribution in [0.4, 0.5) is 26.3 Å². The molecule has 3 nitrogen and oxygen atoms in total. The van der Waals surface area contributed by atoms with E-state index in [2.05, 4.69) is 4.98 Å². The SMILES string of the molecule is CCCCCCSc1c(C(=O)C(F)(F)F)cc(C(=O)C(F)(F)F)c2cccnc12. The van der Waals surface area contributed by atoms with Crippen molar-refractivity contribution in [1.82, 2.24) is 4.98 Å². The molecule has 10 heteroatoms. The lowest BCUT2D eigenvalue weighted by Gasteiger charge is -2.16. The molecule has 0 fully saturated rings. The highest BCUT2D eigenvalue weighted by atomic mass is 32.2. The molecule has 0 aliphatic rings. The maximum Gasteiger partial charge on any atom is 0.454 e. The van der Waals surface area contributed by atoms with Gasteiger partial charge in [-0.1, -0.05) is 32.3 Å². The van der Waals surface area contributed by atoms with Gasteiger partial charge in [-0.2, -0.15) is 26.3 Å². The molecule has 1 aromatic carbocycles. The van der Waals surface area contributed by atoms with Crippen molar-refractivity contribution in [3.8, 4) is 0 Å². The molecule has 2 aromatic rings. The maximum absolute atomic E-state index is 13.1. The molecule has 0 saturated carbocycles. The summed E-state index contributed by atoms with van der Waals surface area (Å²) in [6, 6.07) is 2.84. The third-order valence-corrected chi connectivity index (χ3v) is 5.29. The molecule has 0 aliphatic heterocycles. The van der Waals surface area contributed by atoms with E-state index < -0.39 is 35.0 Å². The molecule has 0 aliphatic carbocycles. The van der Waals surface area contributed by atoms with Crippen LogP contribution in [0.1, 0.15) is 53.3 Å². The Kier molecular flexibility index (Phi) is 7.31. The average molecular weight is 437 g/mol. The number of aromatic nitrogens is 1. The predicted octanol–water partition coefficient (Wildman–Crippen LogP) is 6.40. The van der Waals surface area contributed by atoms with Gasteiger partial charge in [0.15, 0.2) is 0 Å². The van der Waals surface area contributed by atoms with Crippen molar-refractivity contribution in [3.05, 3.63) is 35.5 Å². The summed E-state index contributed by atoms with van der Waals surface area (Å²) in [5.74, 6) is -4.28. The van der Waals surface area contributed by atoms with Gasteiger partial charge < -0.3 is 0 Å². The van der Waals surface area contributed by atoms with E-state index in [4.69, 9.17) is 0 Å². The minimum Gasteiger partial charge on any atom is -0.284 e. The van der Waals surface area contributed by atoms with Crippen LogP contribution in [0.3, 0.4) is 0 Å². The molecule has 1 heterocycles. The first kappa shape index (κ1) is 23.2. The van der Waals surface area contributed by atoms with Gasteiger partial charge in [-0.25, -0.2) is 0 Å². The molecule has 0 radical (unpaired) electrons. The van der Waals surface area contributed by atoms with Crippen LogP contribution in [-0.2, 0) is 0 Å². The van der Waals surface area contributed by atoms with E-state index in [0.717, 1.165) is 31.0 Å². The quantitative estimate of drug-likeness (QED) is 0.208. The zero-order chi connectivity index (χ0) is 21.8. The maximum atomic E-state index is 13.1. The van der Waals surface area contributed by atoms with E-state index in [1.165, 1.54) is 18.3 Å². The third-order valence-electron chi connectivity index (χ3n) is 4.09. The van der Waals surface area contributed by atoms with Crippen LogP contribution in [0.5, 0.6) is 0 Å². The van der Waals surface area contributed by atoms with Gasteiger partial charge >= 0.3 is 12.4 Å². The Morgan fingerprint density at radius 1 is 0.966 bits per heavy atom. The van der Waals surface area contributed by atoms with E-state index in [1.54, 1.807) is 0 Å². The number of Topliss-reactive ketones (excluding diaryl/α,β-unsaturated/α-hetero) is 2. The molecule has 0 N–H and O–H groups in total. The summed E-state index contributed by atoms with van der Waals surface area (Å²) < 4.78 is 78.2. The predicted molar refractivity (Wildman–Crippen MR) is 97.4 cm³/mol. The second-order valence-electron chi connectivity index (χ2n) is 6.26. The lowest BCUT2D eigenvalue weighted by molar-refractivity contribution is -0.0888. The topological polar surface area (TPSA) is 47.0 Å². The second-order valence-corrected chi connectivity index (χ2v) is 7.37. The number of hydrogen-bond donors (Lipinski definition) is 0. The van der Waals surface area contributed by atoms with Gasteiger partial charge in [0.05, 0.1) is 5.52 Å². The highest BCUT2D eigenvalue weighted by molar-refractivity contribution is 7.99. The van der Waals surface area contributed by atoms with Crippen molar-refractivity contribution in [2.45, 2.75) is 49.9 Å². The highest BCUT2D eigenvalue weighted by Crippen LogP contribution is 2.38. The lowest BCUT2D eigenvalue weighted by atomic mass is 9.98. The molecule has 0 unspecified atom stereocenters. The largest absolute Gasteiger partial charge is 0.454 e. The fourth-order valence-corrected chi connectivity index (χ4v) is 3.89. The summed E-state index contributed by atoms with van der Waals surface area (Å²) in [4.78, 5) is 27.4. The first-order valence-corrected chi connectivity index (χ1v) is 9.74. The Bertz CT molecular complexity index is 908. The van der Waals surface area contributed by atoms with Crippen LogP contribution in [0, 0.1) is 0 Å². The Labute approximate surface area is 166 Å². The number of pyridine rings is 1. The average Bonchev–Trinajstić information content (AvgIpc) is 2.65. The number of rotatable bonds is 8. The van der Waals surface area contributed by atoms with Crippen LogP contribution in [0.25, 0.3) is 10.9 Å². The fourth-order valence-electron chi connectivity index (χ4n) is 2.73. The lowest BCUT2D eigenvalue weighted by Crippen LogP contribution is -2.26. The zero-order valence-corrected chi connectivity index (χ0v) is 16.1. The van der Waals surface area contributed by atoms with Crippen molar-refractivity contribution in [1.29, 1.82) is 0 Å². The number of halogens is 6. The van der Waals surface area contributed by atoms with Crippen LogP contribution in [-0.4, -0.2) is 34.7 Å². The van der Waals surface area contributed by atoms with Crippen LogP contribution in [0.2, 0.25) is 0 Å². The summed E-state index contributed by atoms with van der Waals surface area (Å²) in [7, 11) is 0. The summed E-state index contributed by atoms with van der Waals surface area (Å²) in [6.45, 7) is 1.99. The van der Waals surface area contributed by atoms with Gasteiger partial charge in [-0.05, 0) is 24.3 Å². The molecule has 0 amide bonds. The van der Waals surface area contributed by atoms with Crippen LogP contribution in [0.15, 0.2) is 29.3 Å². The van der Waals surface area contributed by atoms with Gasteiger partial charge in [0, 0.05) is 27.6 Å². The Morgan fingerprint density at radius 3 is 2.17 bits per heavy atom. The first-order chi connectivity index (χ1) is 13.5. The number of carbonyl (C=O) groups excluding carboxylic acids is 2. The number of nitrogens with zero attached hydrogens (tertiary/aromatic N) is 1.